The van der Waals surface area contributed by atoms with Crippen LogP contribution in [-0.4, -0.2) is 44.3 Å². The van der Waals surface area contributed by atoms with Crippen LogP contribution in [0.25, 0.3) is 10.4 Å². The third-order valence-corrected chi connectivity index (χ3v) is 2.59. The first kappa shape index (κ1) is 11.3. The lowest BCUT2D eigenvalue weighted by Crippen LogP contribution is -2.36. The Bertz CT molecular complexity index is 195. The van der Waals surface area contributed by atoms with Gasteiger partial charge in [0.1, 0.15) is 0 Å². The summed E-state index contributed by atoms with van der Waals surface area (Å²) in [5, 5.41) is 3.74. The number of piperidine rings is 1. The summed E-state index contributed by atoms with van der Waals surface area (Å²) < 4.78 is 5.00. The molecule has 5 heteroatoms. The minimum atomic E-state index is 0.221. The lowest BCUT2D eigenvalue weighted by molar-refractivity contribution is 0.158. The van der Waals surface area contributed by atoms with Gasteiger partial charge in [-0.05, 0) is 37.9 Å². The molecular weight excluding hydrogens is 180 g/mol. The Morgan fingerprint density at radius 1 is 1.50 bits per heavy atom. The predicted molar refractivity (Wildman–Crippen MR) is 55.1 cm³/mol. The van der Waals surface area contributed by atoms with Crippen LogP contribution in [0.2, 0.25) is 0 Å². The van der Waals surface area contributed by atoms with E-state index in [0.29, 0.717) is 0 Å². The summed E-state index contributed by atoms with van der Waals surface area (Å²) in [6.07, 6.45) is 3.08. The first-order valence-corrected chi connectivity index (χ1v) is 5.12. The van der Waals surface area contributed by atoms with Crippen molar-refractivity contribution in [1.82, 2.24) is 4.90 Å². The first-order chi connectivity index (χ1) is 6.86. The molecule has 80 valence electrons. The van der Waals surface area contributed by atoms with Gasteiger partial charge in [-0.3, -0.25) is 0 Å². The van der Waals surface area contributed by atoms with Crippen LogP contribution in [0.5, 0.6) is 0 Å². The van der Waals surface area contributed by atoms with Crippen molar-refractivity contribution in [3.05, 3.63) is 10.4 Å². The topological polar surface area (TPSA) is 61.2 Å². The molecule has 0 spiro atoms. The van der Waals surface area contributed by atoms with E-state index < -0.39 is 0 Å². The van der Waals surface area contributed by atoms with Crippen LogP contribution in [-0.2, 0) is 4.74 Å². The Morgan fingerprint density at radius 3 is 2.79 bits per heavy atom. The van der Waals surface area contributed by atoms with E-state index in [4.69, 9.17) is 10.3 Å². The predicted octanol–water partition coefficient (Wildman–Crippen LogP) is 1.80. The van der Waals surface area contributed by atoms with E-state index >= 15 is 0 Å². The van der Waals surface area contributed by atoms with Gasteiger partial charge >= 0.3 is 0 Å². The second-order valence-corrected chi connectivity index (χ2v) is 3.62. The molecule has 0 bridgehead atoms. The monoisotopic (exact) mass is 198 g/mol. The Kier molecular flexibility index (Phi) is 5.37. The molecular formula is C9H18N4O. The van der Waals surface area contributed by atoms with Gasteiger partial charge in [0.25, 0.3) is 0 Å². The normalized spacial score (nSPS) is 19.2. The number of hydrogen-bond donors (Lipinski definition) is 0. The number of hydrogen-bond acceptors (Lipinski definition) is 3. The van der Waals surface area contributed by atoms with Gasteiger partial charge in [-0.15, -0.1) is 0 Å². The molecule has 0 aromatic carbocycles. The van der Waals surface area contributed by atoms with Crippen LogP contribution in [0, 0.1) is 0 Å². The molecule has 5 nitrogen and oxygen atoms in total. The van der Waals surface area contributed by atoms with Crippen LogP contribution in [0.15, 0.2) is 5.11 Å². The van der Waals surface area contributed by atoms with Gasteiger partial charge in [-0.2, -0.15) is 0 Å². The van der Waals surface area contributed by atoms with Crippen molar-refractivity contribution in [2.24, 2.45) is 5.11 Å². The Balaban J connectivity index is 2.12. The summed E-state index contributed by atoms with van der Waals surface area (Å²) >= 11 is 0. The largest absolute Gasteiger partial charge is 0.385 e. The number of rotatable bonds is 5. The lowest BCUT2D eigenvalue weighted by atomic mass is 10.1. The molecule has 0 unspecified atom stereocenters. The summed E-state index contributed by atoms with van der Waals surface area (Å²) in [4.78, 5) is 5.25. The number of azide groups is 1. The maximum absolute atomic E-state index is 8.29. The van der Waals surface area contributed by atoms with Crippen LogP contribution in [0.1, 0.15) is 19.3 Å². The van der Waals surface area contributed by atoms with Crippen LogP contribution >= 0.6 is 0 Å². The van der Waals surface area contributed by atoms with Crippen molar-refractivity contribution < 1.29 is 4.74 Å². The molecule has 0 saturated carbocycles. The third kappa shape index (κ3) is 3.96. The average Bonchev–Trinajstić information content (AvgIpc) is 2.21. The van der Waals surface area contributed by atoms with E-state index in [0.717, 1.165) is 45.5 Å². The molecule has 0 aromatic heterocycles. The summed E-state index contributed by atoms with van der Waals surface area (Å²) in [5.74, 6) is 0. The lowest BCUT2D eigenvalue weighted by Gasteiger charge is -2.29. The summed E-state index contributed by atoms with van der Waals surface area (Å²) in [5.41, 5.74) is 8.29. The molecule has 1 saturated heterocycles. The number of nitrogens with zero attached hydrogens (tertiary/aromatic N) is 4. The van der Waals surface area contributed by atoms with Crippen LogP contribution in [0.4, 0.5) is 0 Å². The van der Waals surface area contributed by atoms with Crippen molar-refractivity contribution in [2.45, 2.75) is 25.3 Å². The fourth-order valence-corrected chi connectivity index (χ4v) is 1.76. The van der Waals surface area contributed by atoms with E-state index in [2.05, 4.69) is 14.9 Å². The second-order valence-electron chi connectivity index (χ2n) is 3.62. The Labute approximate surface area is 84.7 Å². The Hall–Kier alpha value is -0.770. The summed E-state index contributed by atoms with van der Waals surface area (Å²) in [7, 11) is 1.73. The smallest absolute Gasteiger partial charge is 0.0474 e. The van der Waals surface area contributed by atoms with E-state index in [1.54, 1.807) is 7.11 Å². The minimum Gasteiger partial charge on any atom is -0.385 e. The van der Waals surface area contributed by atoms with Crippen molar-refractivity contribution in [1.29, 1.82) is 0 Å². The van der Waals surface area contributed by atoms with E-state index in [-0.39, 0.29) is 6.04 Å². The average molecular weight is 198 g/mol. The van der Waals surface area contributed by atoms with Gasteiger partial charge < -0.3 is 9.64 Å². The maximum atomic E-state index is 8.29. The van der Waals surface area contributed by atoms with Gasteiger partial charge in [0.15, 0.2) is 0 Å². The molecule has 1 aliphatic heterocycles. The highest BCUT2D eigenvalue weighted by molar-refractivity contribution is 4.77. The zero-order chi connectivity index (χ0) is 10.2. The fourth-order valence-electron chi connectivity index (χ4n) is 1.76. The van der Waals surface area contributed by atoms with Gasteiger partial charge in [0.05, 0.1) is 0 Å². The van der Waals surface area contributed by atoms with Crippen molar-refractivity contribution in [3.8, 4) is 0 Å². The summed E-state index contributed by atoms with van der Waals surface area (Å²) in [6.45, 7) is 4.02. The molecule has 0 aromatic rings. The van der Waals surface area contributed by atoms with Gasteiger partial charge in [-0.1, -0.05) is 5.11 Å². The quantitative estimate of drug-likeness (QED) is 0.292. The van der Waals surface area contributed by atoms with E-state index in [1.165, 1.54) is 0 Å². The molecule has 0 radical (unpaired) electrons. The highest BCUT2D eigenvalue weighted by atomic mass is 16.5. The standard InChI is InChI=1S/C9H18N4O/c1-14-8-2-5-13-6-3-9(4-7-13)11-12-10/h9H,2-8H2,1H3. The molecule has 0 amide bonds. The van der Waals surface area contributed by atoms with Gasteiger partial charge in [0, 0.05) is 31.2 Å². The fraction of sp³-hybridized carbons (Fsp3) is 1.00. The third-order valence-electron chi connectivity index (χ3n) is 2.59. The van der Waals surface area contributed by atoms with E-state index in [1.807, 2.05) is 0 Å². The molecule has 1 aliphatic rings. The number of ether oxygens (including phenoxy) is 1. The molecule has 0 N–H and O–H groups in total. The van der Waals surface area contributed by atoms with Crippen LogP contribution in [0.3, 0.4) is 0 Å². The maximum Gasteiger partial charge on any atom is 0.0474 e. The molecule has 0 aliphatic carbocycles. The van der Waals surface area contributed by atoms with E-state index in [9.17, 15) is 0 Å². The van der Waals surface area contributed by atoms with Crippen molar-refractivity contribution >= 4 is 0 Å². The number of methoxy groups -OCH3 is 1. The zero-order valence-electron chi connectivity index (χ0n) is 8.72. The molecule has 1 fully saturated rings. The Morgan fingerprint density at radius 2 is 2.21 bits per heavy atom. The van der Waals surface area contributed by atoms with Crippen molar-refractivity contribution in [2.75, 3.05) is 33.4 Å². The first-order valence-electron chi connectivity index (χ1n) is 5.12. The molecule has 1 heterocycles. The van der Waals surface area contributed by atoms with Crippen LogP contribution < -0.4 is 0 Å². The zero-order valence-corrected chi connectivity index (χ0v) is 8.72. The number of likely N-dealkylation sites (tertiary alicyclic amines) is 1. The SMILES string of the molecule is COCCCN1CCC(N=[N+]=[N-])CC1. The minimum absolute atomic E-state index is 0.221. The second kappa shape index (κ2) is 6.65. The molecule has 0 atom stereocenters. The molecule has 1 rings (SSSR count). The molecule has 14 heavy (non-hydrogen) atoms. The van der Waals surface area contributed by atoms with Gasteiger partial charge in [0.2, 0.25) is 0 Å². The highest BCUT2D eigenvalue weighted by Crippen LogP contribution is 2.13. The summed E-state index contributed by atoms with van der Waals surface area (Å²) in [6, 6.07) is 0.221. The highest BCUT2D eigenvalue weighted by Gasteiger charge is 2.17. The van der Waals surface area contributed by atoms with Gasteiger partial charge in [-0.25, -0.2) is 0 Å². The van der Waals surface area contributed by atoms with Crippen molar-refractivity contribution in [3.63, 3.8) is 0 Å².